The average Bonchev–Trinajstić information content (AvgIpc) is 2.56. The molecule has 0 saturated carbocycles. The first kappa shape index (κ1) is 9.79. The van der Waals surface area contributed by atoms with Crippen molar-refractivity contribution in [3.05, 3.63) is 29.7 Å². The van der Waals surface area contributed by atoms with Crippen LogP contribution < -0.4 is 10.5 Å². The molecule has 2 rings (SSSR count). The lowest BCUT2D eigenvalue weighted by atomic mass is 10.4. The normalized spacial score (nSPS) is 10.3. The van der Waals surface area contributed by atoms with Crippen LogP contribution in [0.1, 0.15) is 0 Å². The van der Waals surface area contributed by atoms with Gasteiger partial charge in [-0.15, -0.1) is 0 Å². The molecule has 2 aromatic heterocycles. The molecule has 0 atom stereocenters. The Labute approximate surface area is 91.4 Å². The van der Waals surface area contributed by atoms with Gasteiger partial charge in [-0.25, -0.2) is 4.98 Å². The van der Waals surface area contributed by atoms with E-state index in [0.717, 1.165) is 0 Å². The third-order valence-corrected chi connectivity index (χ3v) is 1.95. The number of aromatic nitrogens is 3. The first-order valence-electron chi connectivity index (χ1n) is 4.22. The summed E-state index contributed by atoms with van der Waals surface area (Å²) in [7, 11) is 1.80. The number of nitrogen functional groups attached to an aromatic ring is 1. The van der Waals surface area contributed by atoms with Gasteiger partial charge < -0.3 is 10.5 Å². The molecule has 0 aliphatic carbocycles. The Morgan fingerprint density at radius 1 is 1.47 bits per heavy atom. The van der Waals surface area contributed by atoms with Gasteiger partial charge in [-0.2, -0.15) is 5.10 Å². The standard InChI is InChI=1S/C9H9ClN4O/c1-14-5-7(4-13-14)15-9-8(11)2-6(10)3-12-9/h2-5H,11H2,1H3. The molecule has 0 amide bonds. The summed E-state index contributed by atoms with van der Waals surface area (Å²) in [5, 5.41) is 4.43. The third kappa shape index (κ3) is 2.19. The fourth-order valence-electron chi connectivity index (χ4n) is 1.09. The van der Waals surface area contributed by atoms with E-state index in [2.05, 4.69) is 10.1 Å². The van der Waals surface area contributed by atoms with Gasteiger partial charge >= 0.3 is 0 Å². The third-order valence-electron chi connectivity index (χ3n) is 1.74. The van der Waals surface area contributed by atoms with Crippen LogP contribution in [0.25, 0.3) is 0 Å². The van der Waals surface area contributed by atoms with Crippen molar-refractivity contribution >= 4 is 17.3 Å². The van der Waals surface area contributed by atoms with Gasteiger partial charge in [0.05, 0.1) is 23.1 Å². The summed E-state index contributed by atoms with van der Waals surface area (Å²) in [5.74, 6) is 0.909. The zero-order valence-electron chi connectivity index (χ0n) is 8.01. The first-order valence-corrected chi connectivity index (χ1v) is 4.60. The fourth-order valence-corrected chi connectivity index (χ4v) is 1.26. The molecule has 0 fully saturated rings. The highest BCUT2D eigenvalue weighted by Crippen LogP contribution is 2.26. The van der Waals surface area contributed by atoms with Crippen molar-refractivity contribution < 1.29 is 4.74 Å². The highest BCUT2D eigenvalue weighted by Gasteiger charge is 2.05. The Kier molecular flexibility index (Phi) is 2.47. The average molecular weight is 225 g/mol. The molecule has 15 heavy (non-hydrogen) atoms. The summed E-state index contributed by atoms with van der Waals surface area (Å²) in [6.07, 6.45) is 4.77. The van der Waals surface area contributed by atoms with E-state index < -0.39 is 0 Å². The van der Waals surface area contributed by atoms with Crippen molar-refractivity contribution in [1.82, 2.24) is 14.8 Å². The number of hydrogen-bond acceptors (Lipinski definition) is 4. The van der Waals surface area contributed by atoms with Gasteiger partial charge in [0, 0.05) is 13.2 Å². The van der Waals surface area contributed by atoms with E-state index in [1.54, 1.807) is 30.2 Å². The summed E-state index contributed by atoms with van der Waals surface area (Å²) in [6, 6.07) is 1.58. The molecule has 5 nitrogen and oxygen atoms in total. The molecule has 2 aromatic rings. The van der Waals surface area contributed by atoms with Crippen LogP contribution in [-0.4, -0.2) is 14.8 Å². The van der Waals surface area contributed by atoms with E-state index >= 15 is 0 Å². The second-order valence-corrected chi connectivity index (χ2v) is 3.44. The predicted molar refractivity (Wildman–Crippen MR) is 56.9 cm³/mol. The number of aryl methyl sites for hydroxylation is 1. The van der Waals surface area contributed by atoms with Crippen molar-refractivity contribution in [3.63, 3.8) is 0 Å². The minimum atomic E-state index is 0.326. The van der Waals surface area contributed by atoms with E-state index in [4.69, 9.17) is 22.1 Å². The van der Waals surface area contributed by atoms with E-state index in [1.807, 2.05) is 0 Å². The largest absolute Gasteiger partial charge is 0.434 e. The summed E-state index contributed by atoms with van der Waals surface area (Å²) < 4.78 is 7.03. The van der Waals surface area contributed by atoms with Crippen LogP contribution in [-0.2, 0) is 7.05 Å². The quantitative estimate of drug-likeness (QED) is 0.845. The van der Waals surface area contributed by atoms with Crippen LogP contribution in [0.4, 0.5) is 5.69 Å². The summed E-state index contributed by atoms with van der Waals surface area (Å²) in [4.78, 5) is 3.97. The molecule has 0 unspecified atom stereocenters. The number of nitrogens with two attached hydrogens (primary N) is 1. The molecule has 0 bridgehead atoms. The van der Waals surface area contributed by atoms with Crippen LogP contribution in [0.15, 0.2) is 24.7 Å². The highest BCUT2D eigenvalue weighted by atomic mass is 35.5. The molecule has 0 aromatic carbocycles. The van der Waals surface area contributed by atoms with Crippen molar-refractivity contribution in [2.45, 2.75) is 0 Å². The second kappa shape index (κ2) is 3.78. The molecule has 0 saturated heterocycles. The molecular formula is C9H9ClN4O. The number of nitrogens with zero attached hydrogens (tertiary/aromatic N) is 3. The van der Waals surface area contributed by atoms with E-state index in [9.17, 15) is 0 Å². The van der Waals surface area contributed by atoms with E-state index in [-0.39, 0.29) is 0 Å². The molecular weight excluding hydrogens is 216 g/mol. The summed E-state index contributed by atoms with van der Waals surface area (Å²) in [5.41, 5.74) is 6.07. The Morgan fingerprint density at radius 3 is 2.87 bits per heavy atom. The molecule has 6 heteroatoms. The maximum Gasteiger partial charge on any atom is 0.242 e. The SMILES string of the molecule is Cn1cc(Oc2ncc(Cl)cc2N)cn1. The number of rotatable bonds is 2. The van der Waals surface area contributed by atoms with Gasteiger partial charge in [-0.3, -0.25) is 4.68 Å². The molecule has 2 heterocycles. The maximum absolute atomic E-state index is 5.71. The molecule has 0 aliphatic rings. The number of anilines is 1. The van der Waals surface area contributed by atoms with Crippen molar-refractivity contribution in [2.75, 3.05) is 5.73 Å². The lowest BCUT2D eigenvalue weighted by Gasteiger charge is -2.04. The zero-order chi connectivity index (χ0) is 10.8. The summed E-state index contributed by atoms with van der Waals surface area (Å²) >= 11 is 5.71. The van der Waals surface area contributed by atoms with Crippen LogP contribution in [0.5, 0.6) is 11.6 Å². The van der Waals surface area contributed by atoms with Crippen LogP contribution in [0.3, 0.4) is 0 Å². The minimum absolute atomic E-state index is 0.326. The number of hydrogen-bond donors (Lipinski definition) is 1. The topological polar surface area (TPSA) is 66.0 Å². The monoisotopic (exact) mass is 224 g/mol. The molecule has 2 N–H and O–H groups in total. The van der Waals surface area contributed by atoms with Crippen molar-refractivity contribution in [1.29, 1.82) is 0 Å². The minimum Gasteiger partial charge on any atom is -0.434 e. The Balaban J connectivity index is 2.24. The number of pyridine rings is 1. The van der Waals surface area contributed by atoms with Crippen LogP contribution >= 0.6 is 11.6 Å². The maximum atomic E-state index is 5.71. The Hall–Kier alpha value is -1.75. The van der Waals surface area contributed by atoms with Crippen LogP contribution in [0.2, 0.25) is 5.02 Å². The van der Waals surface area contributed by atoms with Gasteiger partial charge in [0.15, 0.2) is 5.75 Å². The Bertz CT molecular complexity index is 483. The zero-order valence-corrected chi connectivity index (χ0v) is 8.77. The molecule has 78 valence electrons. The van der Waals surface area contributed by atoms with Gasteiger partial charge in [0.1, 0.15) is 0 Å². The van der Waals surface area contributed by atoms with Gasteiger partial charge in [-0.05, 0) is 6.07 Å². The van der Waals surface area contributed by atoms with Crippen molar-refractivity contribution in [3.8, 4) is 11.6 Å². The van der Waals surface area contributed by atoms with Crippen molar-refractivity contribution in [2.24, 2.45) is 7.05 Å². The lowest BCUT2D eigenvalue weighted by Crippen LogP contribution is -1.94. The summed E-state index contributed by atoms with van der Waals surface area (Å²) in [6.45, 7) is 0. The smallest absolute Gasteiger partial charge is 0.242 e. The molecule has 0 radical (unpaired) electrons. The van der Waals surface area contributed by atoms with Gasteiger partial charge in [0.2, 0.25) is 5.88 Å². The second-order valence-electron chi connectivity index (χ2n) is 3.00. The first-order chi connectivity index (χ1) is 7.15. The van der Waals surface area contributed by atoms with Gasteiger partial charge in [0.25, 0.3) is 0 Å². The number of halogens is 1. The molecule has 0 spiro atoms. The number of ether oxygens (including phenoxy) is 1. The predicted octanol–water partition coefficient (Wildman–Crippen LogP) is 1.84. The highest BCUT2D eigenvalue weighted by molar-refractivity contribution is 6.30. The molecule has 0 aliphatic heterocycles. The van der Waals surface area contributed by atoms with E-state index in [0.29, 0.717) is 22.3 Å². The fraction of sp³-hybridized carbons (Fsp3) is 0.111. The van der Waals surface area contributed by atoms with Gasteiger partial charge in [-0.1, -0.05) is 11.6 Å². The van der Waals surface area contributed by atoms with E-state index in [1.165, 1.54) is 6.20 Å². The van der Waals surface area contributed by atoms with Crippen LogP contribution in [0, 0.1) is 0 Å². The Morgan fingerprint density at radius 2 is 2.27 bits per heavy atom. The lowest BCUT2D eigenvalue weighted by molar-refractivity contribution is 0.465.